The van der Waals surface area contributed by atoms with Crippen molar-refractivity contribution in [1.82, 2.24) is 20.0 Å². The lowest BCUT2D eigenvalue weighted by Crippen LogP contribution is -2.35. The number of aryl methyl sites for hydroxylation is 1. The molecular weight excluding hydrogens is 414 g/mol. The molecule has 0 aliphatic carbocycles. The van der Waals surface area contributed by atoms with Crippen LogP contribution in [0.3, 0.4) is 0 Å². The van der Waals surface area contributed by atoms with E-state index in [1.165, 1.54) is 16.9 Å². The third-order valence-corrected chi connectivity index (χ3v) is 5.56. The fourth-order valence-electron chi connectivity index (χ4n) is 3.86. The topological polar surface area (TPSA) is 67.2 Å². The number of carbonyl (C=O) groups is 2. The molecule has 6 nitrogen and oxygen atoms in total. The van der Waals surface area contributed by atoms with Crippen molar-refractivity contribution in [2.75, 3.05) is 13.1 Å². The molecule has 1 aliphatic heterocycles. The molecule has 1 aliphatic rings. The normalized spacial score (nSPS) is 13.8. The van der Waals surface area contributed by atoms with E-state index in [1.54, 1.807) is 31.3 Å². The molecule has 1 fully saturated rings. The van der Waals surface area contributed by atoms with Gasteiger partial charge in [0.25, 0.3) is 11.8 Å². The van der Waals surface area contributed by atoms with Crippen molar-refractivity contribution in [2.45, 2.75) is 25.8 Å². The lowest BCUT2D eigenvalue weighted by atomic mass is 10.1. The van der Waals surface area contributed by atoms with Gasteiger partial charge in [-0.25, -0.2) is 8.78 Å². The molecular formula is C24H24F2N4O2. The fourth-order valence-corrected chi connectivity index (χ4v) is 3.86. The van der Waals surface area contributed by atoms with E-state index >= 15 is 0 Å². The van der Waals surface area contributed by atoms with E-state index in [-0.39, 0.29) is 29.3 Å². The zero-order chi connectivity index (χ0) is 22.7. The first-order chi connectivity index (χ1) is 15.4. The van der Waals surface area contributed by atoms with Crippen molar-refractivity contribution >= 4 is 11.8 Å². The fraction of sp³-hybridized carbons (Fsp3) is 0.292. The van der Waals surface area contributed by atoms with Gasteiger partial charge in [0.1, 0.15) is 17.3 Å². The summed E-state index contributed by atoms with van der Waals surface area (Å²) in [6.45, 7) is 1.81. The molecule has 8 heteroatoms. The minimum Gasteiger partial charge on any atom is -0.348 e. The van der Waals surface area contributed by atoms with Gasteiger partial charge in [0, 0.05) is 50.1 Å². The van der Waals surface area contributed by atoms with Crippen LogP contribution in [0, 0.1) is 11.6 Å². The molecule has 3 aromatic rings. The van der Waals surface area contributed by atoms with Crippen LogP contribution in [0.5, 0.6) is 0 Å². The summed E-state index contributed by atoms with van der Waals surface area (Å²) >= 11 is 0. The number of rotatable bonds is 5. The minimum absolute atomic E-state index is 0.0293. The number of carbonyl (C=O) groups excluding carboxylic acids is 2. The number of nitrogens with one attached hydrogen (secondary N) is 1. The molecule has 0 spiro atoms. The van der Waals surface area contributed by atoms with Crippen LogP contribution in [-0.4, -0.2) is 39.6 Å². The maximum absolute atomic E-state index is 14.2. The highest BCUT2D eigenvalue weighted by atomic mass is 19.1. The summed E-state index contributed by atoms with van der Waals surface area (Å²) in [6.07, 6.45) is 4.73. The maximum Gasteiger partial charge on any atom is 0.255 e. The summed E-state index contributed by atoms with van der Waals surface area (Å²) in [6, 6.07) is 10.3. The smallest absolute Gasteiger partial charge is 0.255 e. The molecule has 0 bridgehead atoms. The van der Waals surface area contributed by atoms with Gasteiger partial charge in [0.05, 0.1) is 5.56 Å². The predicted octanol–water partition coefficient (Wildman–Crippen LogP) is 3.92. The van der Waals surface area contributed by atoms with Crippen molar-refractivity contribution in [3.05, 3.63) is 77.0 Å². The van der Waals surface area contributed by atoms with Gasteiger partial charge < -0.3 is 10.2 Å². The molecule has 4 rings (SSSR count). The summed E-state index contributed by atoms with van der Waals surface area (Å²) in [5, 5.41) is 6.97. The molecule has 0 unspecified atom stereocenters. The van der Waals surface area contributed by atoms with E-state index in [9.17, 15) is 18.4 Å². The van der Waals surface area contributed by atoms with Gasteiger partial charge in [-0.15, -0.1) is 0 Å². The first-order valence-corrected chi connectivity index (χ1v) is 10.6. The van der Waals surface area contributed by atoms with Crippen LogP contribution in [0.4, 0.5) is 8.78 Å². The van der Waals surface area contributed by atoms with Crippen LogP contribution in [0.15, 0.2) is 48.7 Å². The van der Waals surface area contributed by atoms with Crippen molar-refractivity contribution in [3.8, 4) is 11.3 Å². The Morgan fingerprint density at radius 1 is 1.03 bits per heavy atom. The third kappa shape index (κ3) is 4.69. The quantitative estimate of drug-likeness (QED) is 0.657. The lowest BCUT2D eigenvalue weighted by molar-refractivity contribution is 0.0724. The summed E-state index contributed by atoms with van der Waals surface area (Å²) in [7, 11) is 1.62. The number of likely N-dealkylation sites (tertiary alicyclic amines) is 1. The van der Waals surface area contributed by atoms with Crippen LogP contribution in [0.2, 0.25) is 0 Å². The largest absolute Gasteiger partial charge is 0.348 e. The lowest BCUT2D eigenvalue weighted by Gasteiger charge is -2.26. The van der Waals surface area contributed by atoms with Crippen LogP contribution in [0.25, 0.3) is 11.3 Å². The van der Waals surface area contributed by atoms with Crippen LogP contribution < -0.4 is 5.32 Å². The molecule has 32 heavy (non-hydrogen) atoms. The maximum atomic E-state index is 14.2. The number of aromatic nitrogens is 2. The highest BCUT2D eigenvalue weighted by Gasteiger charge is 2.21. The number of amides is 2. The van der Waals surface area contributed by atoms with Gasteiger partial charge in [-0.3, -0.25) is 14.3 Å². The van der Waals surface area contributed by atoms with Crippen LogP contribution in [0.1, 0.15) is 45.5 Å². The standard InChI is InChI=1S/C24H24F2N4O2/c1-29-15-20(22(28-29)19-10-9-18(25)13-21(19)26)23(31)27-14-16-5-7-17(8-6-16)24(32)30-11-3-2-4-12-30/h5-10,13,15H,2-4,11-12,14H2,1H3,(H,27,31). The molecule has 0 saturated carbocycles. The first-order valence-electron chi connectivity index (χ1n) is 10.6. The van der Waals surface area contributed by atoms with Gasteiger partial charge >= 0.3 is 0 Å². The SMILES string of the molecule is Cn1cc(C(=O)NCc2ccc(C(=O)N3CCCCC3)cc2)c(-c2ccc(F)cc2F)n1. The zero-order valence-corrected chi connectivity index (χ0v) is 17.8. The Hall–Kier alpha value is -3.55. The Morgan fingerprint density at radius 3 is 2.44 bits per heavy atom. The summed E-state index contributed by atoms with van der Waals surface area (Å²) in [5.41, 5.74) is 1.84. The second-order valence-electron chi connectivity index (χ2n) is 7.92. The molecule has 0 atom stereocenters. The van der Waals surface area contributed by atoms with Crippen LogP contribution in [-0.2, 0) is 13.6 Å². The van der Waals surface area contributed by atoms with Gasteiger partial charge in [0.2, 0.25) is 0 Å². The van der Waals surface area contributed by atoms with Gasteiger partial charge in [-0.05, 0) is 49.1 Å². The molecule has 1 saturated heterocycles. The van der Waals surface area contributed by atoms with Gasteiger partial charge in [-0.2, -0.15) is 5.10 Å². The number of hydrogen-bond donors (Lipinski definition) is 1. The van der Waals surface area contributed by atoms with E-state index in [0.29, 0.717) is 5.56 Å². The van der Waals surface area contributed by atoms with E-state index in [4.69, 9.17) is 0 Å². The highest BCUT2D eigenvalue weighted by Crippen LogP contribution is 2.25. The second kappa shape index (κ2) is 9.30. The van der Waals surface area contributed by atoms with Crippen molar-refractivity contribution < 1.29 is 18.4 Å². The Balaban J connectivity index is 1.44. The molecule has 1 aromatic heterocycles. The van der Waals surface area contributed by atoms with Gasteiger partial charge in [-0.1, -0.05) is 12.1 Å². The van der Waals surface area contributed by atoms with E-state index in [0.717, 1.165) is 50.0 Å². The molecule has 166 valence electrons. The van der Waals surface area contributed by atoms with Gasteiger partial charge in [0.15, 0.2) is 0 Å². The average Bonchev–Trinajstić information content (AvgIpc) is 3.19. The van der Waals surface area contributed by atoms with Crippen molar-refractivity contribution in [1.29, 1.82) is 0 Å². The number of halogens is 2. The zero-order valence-electron chi connectivity index (χ0n) is 17.8. The van der Waals surface area contributed by atoms with Crippen molar-refractivity contribution in [3.63, 3.8) is 0 Å². The number of piperidine rings is 1. The number of hydrogen-bond acceptors (Lipinski definition) is 3. The molecule has 1 N–H and O–H groups in total. The Bertz CT molecular complexity index is 1140. The summed E-state index contributed by atoms with van der Waals surface area (Å²) in [5.74, 6) is -1.88. The first kappa shape index (κ1) is 21.7. The molecule has 2 heterocycles. The minimum atomic E-state index is -0.785. The Labute approximate surface area is 184 Å². The highest BCUT2D eigenvalue weighted by molar-refractivity contribution is 5.99. The molecule has 0 radical (unpaired) electrons. The van der Waals surface area contributed by atoms with Crippen LogP contribution >= 0.6 is 0 Å². The van der Waals surface area contributed by atoms with E-state index in [2.05, 4.69) is 10.4 Å². The second-order valence-corrected chi connectivity index (χ2v) is 7.92. The number of nitrogens with zero attached hydrogens (tertiary/aromatic N) is 3. The summed E-state index contributed by atoms with van der Waals surface area (Å²) in [4.78, 5) is 27.2. The van der Waals surface area contributed by atoms with Crippen molar-refractivity contribution in [2.24, 2.45) is 7.05 Å². The Kier molecular flexibility index (Phi) is 6.30. The van der Waals surface area contributed by atoms with E-state index < -0.39 is 17.5 Å². The average molecular weight is 438 g/mol. The Morgan fingerprint density at radius 2 is 1.75 bits per heavy atom. The summed E-state index contributed by atoms with van der Waals surface area (Å²) < 4.78 is 28.9. The molecule has 2 amide bonds. The van der Waals surface area contributed by atoms with E-state index in [1.807, 2.05) is 4.90 Å². The molecule has 2 aromatic carbocycles. The third-order valence-electron chi connectivity index (χ3n) is 5.56. The monoisotopic (exact) mass is 438 g/mol. The number of benzene rings is 2. The predicted molar refractivity (Wildman–Crippen MR) is 116 cm³/mol.